The van der Waals surface area contributed by atoms with Crippen LogP contribution in [0.25, 0.3) is 0 Å². The Morgan fingerprint density at radius 2 is 2.00 bits per heavy atom. The molecule has 2 nitrogen and oxygen atoms in total. The summed E-state index contributed by atoms with van der Waals surface area (Å²) in [6.07, 6.45) is 5.22. The highest BCUT2D eigenvalue weighted by atomic mass is 16.5. The van der Waals surface area contributed by atoms with Crippen LogP contribution < -0.4 is 0 Å². The quantitative estimate of drug-likeness (QED) is 0.703. The molecule has 0 aromatic rings. The molecular weight excluding hydrogens is 176 g/mol. The lowest BCUT2D eigenvalue weighted by molar-refractivity contribution is 0.102. The Hall–Kier alpha value is -0.340. The van der Waals surface area contributed by atoms with Gasteiger partial charge in [-0.05, 0) is 44.9 Å². The number of methoxy groups -OCH3 is 1. The van der Waals surface area contributed by atoms with Crippen LogP contribution in [0.4, 0.5) is 0 Å². The van der Waals surface area contributed by atoms with Crippen LogP contribution in [-0.2, 0) is 4.74 Å². The average Bonchev–Trinajstić information content (AvgIpc) is 2.18. The summed E-state index contributed by atoms with van der Waals surface area (Å²) >= 11 is 0. The molecule has 0 bridgehead atoms. The summed E-state index contributed by atoms with van der Waals surface area (Å²) in [6, 6.07) is 0. The van der Waals surface area contributed by atoms with Crippen molar-refractivity contribution in [3.63, 3.8) is 0 Å². The maximum Gasteiger partial charge on any atom is 0.0580 e. The Bertz CT molecular complexity index is 181. The van der Waals surface area contributed by atoms with Gasteiger partial charge >= 0.3 is 0 Å². The van der Waals surface area contributed by atoms with Gasteiger partial charge in [-0.25, -0.2) is 0 Å². The third-order valence-electron chi connectivity index (χ3n) is 3.23. The number of aliphatic hydroxyl groups excluding tert-OH is 1. The number of aliphatic hydroxyl groups is 1. The number of hydrogen-bond acceptors (Lipinski definition) is 2. The summed E-state index contributed by atoms with van der Waals surface area (Å²) in [6.45, 7) is 6.20. The highest BCUT2D eigenvalue weighted by Gasteiger charge is 2.22. The topological polar surface area (TPSA) is 29.5 Å². The van der Waals surface area contributed by atoms with Gasteiger partial charge in [0, 0.05) is 7.11 Å². The summed E-state index contributed by atoms with van der Waals surface area (Å²) < 4.78 is 5.22. The molecule has 14 heavy (non-hydrogen) atoms. The minimum absolute atomic E-state index is 0.0705. The van der Waals surface area contributed by atoms with Gasteiger partial charge in [-0.15, -0.1) is 0 Å². The van der Waals surface area contributed by atoms with Crippen LogP contribution in [0.2, 0.25) is 0 Å². The number of rotatable bonds is 4. The van der Waals surface area contributed by atoms with E-state index in [4.69, 9.17) is 4.74 Å². The SMILES string of the molecule is C=C(CC(C)OC)C1CCC(O)CC1. The van der Waals surface area contributed by atoms with Crippen molar-refractivity contribution in [1.82, 2.24) is 0 Å². The van der Waals surface area contributed by atoms with Crippen LogP contribution in [-0.4, -0.2) is 24.4 Å². The second-order valence-electron chi connectivity index (χ2n) is 4.41. The van der Waals surface area contributed by atoms with Gasteiger partial charge in [0.1, 0.15) is 0 Å². The lowest BCUT2D eigenvalue weighted by atomic mass is 9.81. The minimum Gasteiger partial charge on any atom is -0.393 e. The van der Waals surface area contributed by atoms with Crippen LogP contribution in [0.5, 0.6) is 0 Å². The first kappa shape index (κ1) is 11.7. The van der Waals surface area contributed by atoms with E-state index in [9.17, 15) is 5.11 Å². The lowest BCUT2D eigenvalue weighted by Crippen LogP contribution is -2.20. The fraction of sp³-hybridized carbons (Fsp3) is 0.833. The lowest BCUT2D eigenvalue weighted by Gasteiger charge is -2.28. The van der Waals surface area contributed by atoms with Crippen molar-refractivity contribution in [2.24, 2.45) is 5.92 Å². The molecule has 0 spiro atoms. The van der Waals surface area contributed by atoms with Crippen molar-refractivity contribution in [2.45, 2.75) is 51.2 Å². The molecule has 1 atom stereocenters. The van der Waals surface area contributed by atoms with Gasteiger partial charge < -0.3 is 9.84 Å². The number of hydrogen-bond donors (Lipinski definition) is 1. The van der Waals surface area contributed by atoms with Gasteiger partial charge in [0.15, 0.2) is 0 Å². The molecule has 82 valence electrons. The molecule has 0 aliphatic heterocycles. The van der Waals surface area contributed by atoms with Crippen molar-refractivity contribution in [3.05, 3.63) is 12.2 Å². The van der Waals surface area contributed by atoms with E-state index < -0.39 is 0 Å². The second kappa shape index (κ2) is 5.52. The Morgan fingerprint density at radius 1 is 1.43 bits per heavy atom. The molecule has 0 radical (unpaired) electrons. The molecule has 2 heteroatoms. The van der Waals surface area contributed by atoms with Crippen molar-refractivity contribution in [2.75, 3.05) is 7.11 Å². The first-order chi connectivity index (χ1) is 6.63. The smallest absolute Gasteiger partial charge is 0.0580 e. The van der Waals surface area contributed by atoms with E-state index >= 15 is 0 Å². The molecule has 0 aromatic carbocycles. The van der Waals surface area contributed by atoms with E-state index in [0.29, 0.717) is 5.92 Å². The van der Waals surface area contributed by atoms with E-state index in [1.54, 1.807) is 7.11 Å². The van der Waals surface area contributed by atoms with Gasteiger partial charge in [0.2, 0.25) is 0 Å². The predicted molar refractivity (Wildman–Crippen MR) is 58.2 cm³/mol. The summed E-state index contributed by atoms with van der Waals surface area (Å²) in [5.41, 5.74) is 1.30. The fourth-order valence-electron chi connectivity index (χ4n) is 2.10. The van der Waals surface area contributed by atoms with Crippen LogP contribution in [0.3, 0.4) is 0 Å². The molecule has 1 saturated carbocycles. The second-order valence-corrected chi connectivity index (χ2v) is 4.41. The molecule has 0 heterocycles. The van der Waals surface area contributed by atoms with Gasteiger partial charge in [-0.3, -0.25) is 0 Å². The van der Waals surface area contributed by atoms with E-state index in [-0.39, 0.29) is 12.2 Å². The van der Waals surface area contributed by atoms with E-state index in [0.717, 1.165) is 32.1 Å². The maximum atomic E-state index is 9.38. The summed E-state index contributed by atoms with van der Waals surface area (Å²) in [5.74, 6) is 0.607. The van der Waals surface area contributed by atoms with Gasteiger partial charge in [-0.2, -0.15) is 0 Å². The van der Waals surface area contributed by atoms with Gasteiger partial charge in [0.05, 0.1) is 12.2 Å². The maximum absolute atomic E-state index is 9.38. The van der Waals surface area contributed by atoms with E-state index in [2.05, 4.69) is 13.5 Å². The molecule has 1 fully saturated rings. The summed E-state index contributed by atoms with van der Waals surface area (Å²) in [7, 11) is 1.74. The monoisotopic (exact) mass is 198 g/mol. The average molecular weight is 198 g/mol. The van der Waals surface area contributed by atoms with Crippen LogP contribution in [0.1, 0.15) is 39.0 Å². The van der Waals surface area contributed by atoms with Crippen molar-refractivity contribution in [1.29, 1.82) is 0 Å². The van der Waals surface area contributed by atoms with E-state index in [1.165, 1.54) is 5.57 Å². The summed E-state index contributed by atoms with van der Waals surface area (Å²) in [5, 5.41) is 9.38. The highest BCUT2D eigenvalue weighted by Crippen LogP contribution is 2.31. The minimum atomic E-state index is -0.0705. The molecule has 1 unspecified atom stereocenters. The Labute approximate surface area is 87.0 Å². The third kappa shape index (κ3) is 3.43. The fourth-order valence-corrected chi connectivity index (χ4v) is 2.10. The largest absolute Gasteiger partial charge is 0.393 e. The van der Waals surface area contributed by atoms with Crippen LogP contribution in [0.15, 0.2) is 12.2 Å². The van der Waals surface area contributed by atoms with Crippen LogP contribution >= 0.6 is 0 Å². The molecule has 1 aliphatic rings. The van der Waals surface area contributed by atoms with Gasteiger partial charge in [0.25, 0.3) is 0 Å². The Morgan fingerprint density at radius 3 is 2.50 bits per heavy atom. The zero-order chi connectivity index (χ0) is 10.6. The molecule has 0 aromatic heterocycles. The predicted octanol–water partition coefficient (Wildman–Crippen LogP) is 2.52. The highest BCUT2D eigenvalue weighted by molar-refractivity contribution is 5.03. The third-order valence-corrected chi connectivity index (χ3v) is 3.23. The standard InChI is InChI=1S/C12H22O2/c1-9(8-10(2)14-3)11-4-6-12(13)7-5-11/h10-13H,1,4-8H2,2-3H3. The van der Waals surface area contributed by atoms with Crippen LogP contribution in [0, 0.1) is 5.92 Å². The zero-order valence-corrected chi connectivity index (χ0v) is 9.33. The van der Waals surface area contributed by atoms with Crippen molar-refractivity contribution in [3.8, 4) is 0 Å². The van der Waals surface area contributed by atoms with Gasteiger partial charge in [-0.1, -0.05) is 12.2 Å². The molecule has 0 amide bonds. The van der Waals surface area contributed by atoms with Crippen molar-refractivity contribution >= 4 is 0 Å². The van der Waals surface area contributed by atoms with E-state index in [1.807, 2.05) is 0 Å². The molecule has 0 saturated heterocycles. The Balaban J connectivity index is 2.30. The molecular formula is C12H22O2. The first-order valence-corrected chi connectivity index (χ1v) is 5.52. The van der Waals surface area contributed by atoms with Crippen molar-refractivity contribution < 1.29 is 9.84 Å². The number of ether oxygens (including phenoxy) is 1. The zero-order valence-electron chi connectivity index (χ0n) is 9.33. The molecule has 1 N–H and O–H groups in total. The summed E-state index contributed by atoms with van der Waals surface area (Å²) in [4.78, 5) is 0. The Kier molecular flexibility index (Phi) is 4.63. The normalized spacial score (nSPS) is 29.9. The molecule has 1 rings (SSSR count). The molecule has 1 aliphatic carbocycles. The first-order valence-electron chi connectivity index (χ1n) is 5.52.